The summed E-state index contributed by atoms with van der Waals surface area (Å²) in [4.78, 5) is 47.0. The lowest BCUT2D eigenvalue weighted by molar-refractivity contribution is -0.139. The van der Waals surface area contributed by atoms with Crippen molar-refractivity contribution < 1.29 is 24.5 Å². The smallest absolute Gasteiger partial charge is 0.306 e. The lowest BCUT2D eigenvalue weighted by atomic mass is 9.97. The molecule has 2 atom stereocenters. The van der Waals surface area contributed by atoms with Crippen LogP contribution in [0.5, 0.6) is 5.88 Å². The van der Waals surface area contributed by atoms with Crippen molar-refractivity contribution in [3.8, 4) is 39.4 Å². The summed E-state index contributed by atoms with van der Waals surface area (Å²) < 4.78 is 7.09. The lowest BCUT2D eigenvalue weighted by Crippen LogP contribution is -2.40. The van der Waals surface area contributed by atoms with Gasteiger partial charge in [0.05, 0.1) is 41.5 Å². The Morgan fingerprint density at radius 1 is 1.06 bits per heavy atom. The fourth-order valence-electron chi connectivity index (χ4n) is 6.17. The van der Waals surface area contributed by atoms with Crippen LogP contribution in [0.15, 0.2) is 77.9 Å². The number of nitrogens with one attached hydrogen (secondary N) is 2. The maximum absolute atomic E-state index is 13.2. The number of aliphatic carboxylic acids is 1. The molecular weight excluding hydrogens is 695 g/mol. The SMILES string of the molecule is COc1nc(-c2cccc(-c3cccc(-c4ccn5c(=O)c(CNC[C@@H](O)CC(=O)O)cnc5c4)c3Cl)c2Cl)ccc1CN(C)[C@H]1CCC(=O)N1. The van der Waals surface area contributed by atoms with Crippen molar-refractivity contribution in [1.29, 1.82) is 0 Å². The van der Waals surface area contributed by atoms with Gasteiger partial charge in [-0.05, 0) is 37.2 Å². The van der Waals surface area contributed by atoms with Gasteiger partial charge in [-0.25, -0.2) is 9.97 Å². The van der Waals surface area contributed by atoms with Crippen molar-refractivity contribution in [3.05, 3.63) is 105 Å². The molecule has 1 aliphatic heterocycles. The molecule has 0 bridgehead atoms. The first-order chi connectivity index (χ1) is 24.5. The van der Waals surface area contributed by atoms with E-state index < -0.39 is 18.5 Å². The minimum Gasteiger partial charge on any atom is -0.481 e. The molecular formula is C37H36Cl2N6O6. The second-order valence-electron chi connectivity index (χ2n) is 12.4. The first-order valence-electron chi connectivity index (χ1n) is 16.3. The highest BCUT2D eigenvalue weighted by Crippen LogP contribution is 2.42. The zero-order chi connectivity index (χ0) is 36.2. The number of ether oxygens (including phenoxy) is 1. The Kier molecular flexibility index (Phi) is 11.0. The molecule has 0 radical (unpaired) electrons. The summed E-state index contributed by atoms with van der Waals surface area (Å²) >= 11 is 14.1. The van der Waals surface area contributed by atoms with E-state index in [4.69, 9.17) is 38.0 Å². The van der Waals surface area contributed by atoms with E-state index in [9.17, 15) is 19.5 Å². The molecule has 2 aromatic carbocycles. The topological polar surface area (TPSA) is 158 Å². The number of aliphatic hydroxyl groups excluding tert-OH is 1. The van der Waals surface area contributed by atoms with Gasteiger partial charge in [-0.1, -0.05) is 65.7 Å². The van der Waals surface area contributed by atoms with E-state index in [-0.39, 0.29) is 30.7 Å². The van der Waals surface area contributed by atoms with Crippen LogP contribution in [0.25, 0.3) is 39.2 Å². The van der Waals surface area contributed by atoms with Crippen molar-refractivity contribution in [2.45, 2.75) is 44.6 Å². The highest BCUT2D eigenvalue weighted by atomic mass is 35.5. The number of aromatic nitrogens is 3. The van der Waals surface area contributed by atoms with Crippen LogP contribution >= 0.6 is 23.2 Å². The molecule has 1 fully saturated rings. The van der Waals surface area contributed by atoms with Crippen molar-refractivity contribution >= 4 is 40.7 Å². The number of nitrogens with zero attached hydrogens (tertiary/aromatic N) is 4. The Bertz CT molecular complexity index is 2180. The largest absolute Gasteiger partial charge is 0.481 e. The van der Waals surface area contributed by atoms with Gasteiger partial charge in [-0.15, -0.1) is 0 Å². The number of carbonyl (C=O) groups is 2. The lowest BCUT2D eigenvalue weighted by Gasteiger charge is -2.24. The Hall–Kier alpha value is -4.85. The van der Waals surface area contributed by atoms with E-state index in [1.54, 1.807) is 25.4 Å². The molecule has 12 nitrogen and oxygen atoms in total. The summed E-state index contributed by atoms with van der Waals surface area (Å²) in [5, 5.41) is 25.4. The van der Waals surface area contributed by atoms with Gasteiger partial charge in [0.1, 0.15) is 5.65 Å². The van der Waals surface area contributed by atoms with Gasteiger partial charge in [0.15, 0.2) is 0 Å². The molecule has 0 unspecified atom stereocenters. The van der Waals surface area contributed by atoms with E-state index in [0.29, 0.717) is 62.5 Å². The minimum atomic E-state index is -1.10. The second-order valence-corrected chi connectivity index (χ2v) is 13.1. The van der Waals surface area contributed by atoms with E-state index >= 15 is 0 Å². The summed E-state index contributed by atoms with van der Waals surface area (Å²) in [5.74, 6) is -0.589. The third-order valence-corrected chi connectivity index (χ3v) is 9.63. The Balaban J connectivity index is 1.25. The second kappa shape index (κ2) is 15.6. The minimum absolute atomic E-state index is 0.0211. The third-order valence-electron chi connectivity index (χ3n) is 8.82. The summed E-state index contributed by atoms with van der Waals surface area (Å²) in [6, 6.07) is 18.7. The molecule has 3 aromatic heterocycles. The number of carbonyl (C=O) groups excluding carboxylic acids is 1. The van der Waals surface area contributed by atoms with Crippen molar-refractivity contribution in [1.82, 2.24) is 29.9 Å². The highest BCUT2D eigenvalue weighted by Gasteiger charge is 2.25. The molecule has 5 aromatic rings. The van der Waals surface area contributed by atoms with Crippen molar-refractivity contribution in [2.24, 2.45) is 0 Å². The van der Waals surface area contributed by atoms with Crippen molar-refractivity contribution in [2.75, 3.05) is 20.7 Å². The number of methoxy groups -OCH3 is 1. The molecule has 264 valence electrons. The van der Waals surface area contributed by atoms with Crippen LogP contribution in [-0.4, -0.2) is 74.3 Å². The first kappa shape index (κ1) is 36.0. The number of halogens is 2. The van der Waals surface area contributed by atoms with Gasteiger partial charge in [-0.3, -0.25) is 23.7 Å². The monoisotopic (exact) mass is 730 g/mol. The molecule has 1 aliphatic rings. The van der Waals surface area contributed by atoms with E-state index in [1.807, 2.05) is 55.6 Å². The summed E-state index contributed by atoms with van der Waals surface area (Å²) in [7, 11) is 3.53. The van der Waals surface area contributed by atoms with E-state index in [0.717, 1.165) is 23.1 Å². The molecule has 4 heterocycles. The maximum atomic E-state index is 13.2. The predicted molar refractivity (Wildman–Crippen MR) is 195 cm³/mol. The Labute approximate surface area is 303 Å². The van der Waals surface area contributed by atoms with Crippen LogP contribution in [0, 0.1) is 0 Å². The van der Waals surface area contributed by atoms with E-state index in [1.165, 1.54) is 10.6 Å². The van der Waals surface area contributed by atoms with Gasteiger partial charge in [0, 0.05) is 71.8 Å². The highest BCUT2D eigenvalue weighted by molar-refractivity contribution is 6.39. The van der Waals surface area contributed by atoms with Gasteiger partial charge in [0.25, 0.3) is 5.56 Å². The normalized spacial score (nSPS) is 14.9. The van der Waals surface area contributed by atoms with Crippen LogP contribution in [0.1, 0.15) is 30.4 Å². The number of amides is 1. The average Bonchev–Trinajstić information content (AvgIpc) is 3.56. The van der Waals surface area contributed by atoms with Crippen LogP contribution in [-0.2, 0) is 22.7 Å². The average molecular weight is 732 g/mol. The predicted octanol–water partition coefficient (Wildman–Crippen LogP) is 5.00. The van der Waals surface area contributed by atoms with Crippen LogP contribution in [0.2, 0.25) is 10.0 Å². The number of pyridine rings is 2. The summed E-state index contributed by atoms with van der Waals surface area (Å²) in [5.41, 5.74) is 5.58. The molecule has 6 rings (SSSR count). The summed E-state index contributed by atoms with van der Waals surface area (Å²) in [6.07, 6.45) is 2.85. The number of hydrogen-bond donors (Lipinski definition) is 4. The fourth-order valence-corrected chi connectivity index (χ4v) is 6.84. The van der Waals surface area contributed by atoms with Crippen LogP contribution < -0.4 is 20.9 Å². The molecule has 0 spiro atoms. The molecule has 51 heavy (non-hydrogen) atoms. The van der Waals surface area contributed by atoms with Gasteiger partial charge >= 0.3 is 5.97 Å². The number of hydrogen-bond acceptors (Lipinski definition) is 9. The van der Waals surface area contributed by atoms with E-state index in [2.05, 4.69) is 20.5 Å². The van der Waals surface area contributed by atoms with Gasteiger partial charge < -0.3 is 25.6 Å². The molecule has 14 heteroatoms. The number of benzene rings is 2. The first-order valence-corrected chi connectivity index (χ1v) is 17.0. The summed E-state index contributed by atoms with van der Waals surface area (Å²) in [6.45, 7) is 0.676. The zero-order valence-corrected chi connectivity index (χ0v) is 29.4. The fraction of sp³-hybridized carbons (Fsp3) is 0.270. The Morgan fingerprint density at radius 2 is 1.76 bits per heavy atom. The van der Waals surface area contributed by atoms with Gasteiger partial charge in [0.2, 0.25) is 11.8 Å². The van der Waals surface area contributed by atoms with Crippen LogP contribution in [0.3, 0.4) is 0 Å². The quantitative estimate of drug-likeness (QED) is 0.130. The third kappa shape index (κ3) is 7.90. The zero-order valence-electron chi connectivity index (χ0n) is 27.9. The maximum Gasteiger partial charge on any atom is 0.306 e. The molecule has 1 saturated heterocycles. The number of fused-ring (bicyclic) bond motifs is 1. The number of rotatable bonds is 13. The number of carboxylic acids is 1. The molecule has 0 saturated carbocycles. The molecule has 1 amide bonds. The Morgan fingerprint density at radius 3 is 2.45 bits per heavy atom. The standard InChI is InChI=1S/C37H36Cl2N6O6/c1-44(30-11-12-32(47)43-30)20-22-9-10-29(42-36(22)51-2)28-8-4-7-27(35(28)39)26-6-3-5-25(34(26)38)21-13-14-45-31(15-21)41-18-23(37(45)50)17-40-19-24(46)16-33(48)49/h3-10,13-15,18,24,30,40,46H,11-12,16-17,19-20H2,1-2H3,(H,43,47)(H,48,49)/t24-,30-/m0/s1. The van der Waals surface area contributed by atoms with Crippen LogP contribution in [0.4, 0.5) is 0 Å². The molecule has 0 aliphatic carbocycles. The van der Waals surface area contributed by atoms with Gasteiger partial charge in [-0.2, -0.15) is 0 Å². The van der Waals surface area contributed by atoms with Crippen molar-refractivity contribution in [3.63, 3.8) is 0 Å². The molecule has 4 N–H and O–H groups in total. The number of aliphatic hydroxyl groups is 1. The number of carboxylic acid groups (broad SMARTS) is 1.